The number of nitrogens with zero attached hydrogens (tertiary/aromatic N) is 3. The molecule has 3 aromatic rings. The van der Waals surface area contributed by atoms with Gasteiger partial charge in [0.15, 0.2) is 5.65 Å². The topological polar surface area (TPSA) is 70.5 Å². The lowest BCUT2D eigenvalue weighted by molar-refractivity contribution is -0.134. The van der Waals surface area contributed by atoms with Crippen molar-refractivity contribution in [3.05, 3.63) is 70.0 Å². The van der Waals surface area contributed by atoms with Crippen LogP contribution in [-0.2, 0) is 11.2 Å². The fourth-order valence-corrected chi connectivity index (χ4v) is 3.56. The number of carbonyl (C=O) groups is 1. The average Bonchev–Trinajstić information content (AvgIpc) is 3.13. The maximum absolute atomic E-state index is 13.9. The molecule has 0 aliphatic carbocycles. The first kappa shape index (κ1) is 16.5. The number of H-pyrrole nitrogens is 1. The summed E-state index contributed by atoms with van der Waals surface area (Å²) in [7, 11) is 0. The molecule has 0 unspecified atom stereocenters. The number of aromatic nitrogens is 3. The lowest BCUT2D eigenvalue weighted by Gasteiger charge is -2.35. The number of hydrogen-bond donors (Lipinski definition) is 1. The van der Waals surface area contributed by atoms with Crippen molar-refractivity contribution in [1.82, 2.24) is 19.5 Å². The van der Waals surface area contributed by atoms with Crippen LogP contribution in [0.3, 0.4) is 0 Å². The Morgan fingerprint density at radius 2 is 2.12 bits per heavy atom. The first-order chi connectivity index (χ1) is 12.6. The van der Waals surface area contributed by atoms with E-state index in [-0.39, 0.29) is 29.7 Å². The van der Waals surface area contributed by atoms with Crippen molar-refractivity contribution in [1.29, 1.82) is 0 Å². The minimum absolute atomic E-state index is 0.00849. The van der Waals surface area contributed by atoms with E-state index in [9.17, 15) is 14.0 Å². The first-order valence-electron chi connectivity index (χ1n) is 8.73. The van der Waals surface area contributed by atoms with E-state index in [2.05, 4.69) is 10.1 Å². The van der Waals surface area contributed by atoms with Crippen LogP contribution in [0.4, 0.5) is 4.39 Å². The summed E-state index contributed by atoms with van der Waals surface area (Å²) in [6.45, 7) is 0.589. The second-order valence-electron chi connectivity index (χ2n) is 6.54. The molecule has 134 valence electrons. The quantitative estimate of drug-likeness (QED) is 0.785. The number of fused-ring (bicyclic) bond motifs is 1. The zero-order chi connectivity index (χ0) is 18.1. The van der Waals surface area contributed by atoms with E-state index in [0.29, 0.717) is 23.4 Å². The maximum atomic E-state index is 13.9. The highest BCUT2D eigenvalue weighted by molar-refractivity contribution is 5.79. The summed E-state index contributed by atoms with van der Waals surface area (Å²) in [5.41, 5.74) is 1.30. The van der Waals surface area contributed by atoms with E-state index in [0.717, 1.165) is 19.3 Å². The largest absolute Gasteiger partial charge is 0.334 e. The van der Waals surface area contributed by atoms with Gasteiger partial charge in [0.25, 0.3) is 5.56 Å². The average molecular weight is 354 g/mol. The third-order valence-corrected chi connectivity index (χ3v) is 4.86. The number of nitrogens with one attached hydrogen (secondary N) is 1. The Hall–Kier alpha value is -2.96. The Morgan fingerprint density at radius 3 is 2.96 bits per heavy atom. The highest BCUT2D eigenvalue weighted by Gasteiger charge is 2.30. The second kappa shape index (κ2) is 6.74. The van der Waals surface area contributed by atoms with Crippen molar-refractivity contribution >= 4 is 11.6 Å². The molecule has 0 radical (unpaired) electrons. The standard InChI is InChI=1S/C19H19FN4O2/c20-14-6-2-1-5-13(14)11-18(25)23-10-4-3-7-16(23)15-12-19(26)24-17(22-15)8-9-21-24/h1-2,5-6,8-9,12,16,21H,3-4,7,10-11H2/t16-/m0/s1. The molecule has 4 rings (SSSR count). The van der Waals surface area contributed by atoms with Crippen LogP contribution in [0, 0.1) is 5.82 Å². The molecule has 7 heteroatoms. The van der Waals surface area contributed by atoms with Crippen molar-refractivity contribution in [2.45, 2.75) is 31.7 Å². The summed E-state index contributed by atoms with van der Waals surface area (Å²) < 4.78 is 15.3. The SMILES string of the molecule is O=C(Cc1ccccc1F)N1CCCC[C@H]1c1cc(=O)n2[nH]ccc2n1. The van der Waals surface area contributed by atoms with E-state index in [1.165, 1.54) is 16.6 Å². The number of piperidine rings is 1. The molecule has 1 atom stereocenters. The van der Waals surface area contributed by atoms with E-state index in [1.807, 2.05) is 0 Å². The van der Waals surface area contributed by atoms with Gasteiger partial charge in [-0.15, -0.1) is 0 Å². The second-order valence-corrected chi connectivity index (χ2v) is 6.54. The normalized spacial score (nSPS) is 17.6. The zero-order valence-electron chi connectivity index (χ0n) is 14.2. The van der Waals surface area contributed by atoms with Gasteiger partial charge in [-0.25, -0.2) is 13.9 Å². The maximum Gasteiger partial charge on any atom is 0.272 e. The molecule has 3 heterocycles. The van der Waals surface area contributed by atoms with Gasteiger partial charge in [0.2, 0.25) is 5.91 Å². The van der Waals surface area contributed by atoms with Crippen LogP contribution in [0.2, 0.25) is 0 Å². The van der Waals surface area contributed by atoms with E-state index in [1.54, 1.807) is 35.4 Å². The molecule has 1 amide bonds. The Kier molecular flexibility index (Phi) is 4.28. The van der Waals surface area contributed by atoms with E-state index < -0.39 is 0 Å². The summed E-state index contributed by atoms with van der Waals surface area (Å²) in [6, 6.07) is 9.26. The van der Waals surface area contributed by atoms with Crippen LogP contribution in [0.15, 0.2) is 47.4 Å². The molecule has 6 nitrogen and oxygen atoms in total. The van der Waals surface area contributed by atoms with Gasteiger partial charge in [0, 0.05) is 24.9 Å². The van der Waals surface area contributed by atoms with E-state index in [4.69, 9.17) is 0 Å². The van der Waals surface area contributed by atoms with Gasteiger partial charge in [-0.3, -0.25) is 14.7 Å². The number of likely N-dealkylation sites (tertiary alicyclic amines) is 1. The number of halogens is 1. The van der Waals surface area contributed by atoms with Gasteiger partial charge in [-0.1, -0.05) is 18.2 Å². The van der Waals surface area contributed by atoms with Crippen molar-refractivity contribution in [2.24, 2.45) is 0 Å². The zero-order valence-corrected chi connectivity index (χ0v) is 14.2. The van der Waals surface area contributed by atoms with Gasteiger partial charge < -0.3 is 4.90 Å². The fraction of sp³-hybridized carbons (Fsp3) is 0.316. The summed E-state index contributed by atoms with van der Waals surface area (Å²) in [5.74, 6) is -0.518. The number of rotatable bonds is 3. The van der Waals surface area contributed by atoms with Crippen LogP contribution < -0.4 is 5.56 Å². The molecular weight excluding hydrogens is 335 g/mol. The summed E-state index contributed by atoms with van der Waals surface area (Å²) in [4.78, 5) is 31.4. The van der Waals surface area contributed by atoms with Crippen molar-refractivity contribution in [3.63, 3.8) is 0 Å². The molecule has 1 aromatic carbocycles. The molecule has 1 N–H and O–H groups in total. The molecule has 1 aliphatic heterocycles. The van der Waals surface area contributed by atoms with Gasteiger partial charge in [-0.2, -0.15) is 0 Å². The molecule has 0 bridgehead atoms. The van der Waals surface area contributed by atoms with Gasteiger partial charge >= 0.3 is 0 Å². The summed E-state index contributed by atoms with van der Waals surface area (Å²) >= 11 is 0. The predicted molar refractivity (Wildman–Crippen MR) is 94.2 cm³/mol. The highest BCUT2D eigenvalue weighted by Crippen LogP contribution is 2.30. The molecular formula is C19H19FN4O2. The first-order valence-corrected chi connectivity index (χ1v) is 8.73. The smallest absolute Gasteiger partial charge is 0.272 e. The molecule has 1 aliphatic rings. The van der Waals surface area contributed by atoms with Crippen LogP contribution in [0.25, 0.3) is 5.65 Å². The van der Waals surface area contributed by atoms with E-state index >= 15 is 0 Å². The lowest BCUT2D eigenvalue weighted by atomic mass is 9.98. The summed E-state index contributed by atoms with van der Waals surface area (Å²) in [5, 5.41) is 2.81. The minimum atomic E-state index is -0.375. The highest BCUT2D eigenvalue weighted by atomic mass is 19.1. The van der Waals surface area contributed by atoms with Crippen molar-refractivity contribution < 1.29 is 9.18 Å². The molecule has 0 saturated carbocycles. The molecule has 1 saturated heterocycles. The number of aromatic amines is 1. The third kappa shape index (κ3) is 3.00. The third-order valence-electron chi connectivity index (χ3n) is 4.86. The molecule has 2 aromatic heterocycles. The fourth-order valence-electron chi connectivity index (χ4n) is 3.56. The van der Waals surface area contributed by atoms with Crippen LogP contribution in [-0.4, -0.2) is 31.9 Å². The van der Waals surface area contributed by atoms with Gasteiger partial charge in [0.05, 0.1) is 18.2 Å². The monoisotopic (exact) mass is 354 g/mol. The van der Waals surface area contributed by atoms with Crippen molar-refractivity contribution in [3.8, 4) is 0 Å². The molecule has 1 fully saturated rings. The molecule has 26 heavy (non-hydrogen) atoms. The Balaban J connectivity index is 1.64. The van der Waals surface area contributed by atoms with Crippen LogP contribution >= 0.6 is 0 Å². The number of benzene rings is 1. The number of hydrogen-bond acceptors (Lipinski definition) is 3. The Morgan fingerprint density at radius 1 is 1.27 bits per heavy atom. The van der Waals surface area contributed by atoms with Crippen molar-refractivity contribution in [2.75, 3.05) is 6.54 Å². The van der Waals surface area contributed by atoms with Crippen LogP contribution in [0.1, 0.15) is 36.6 Å². The summed E-state index contributed by atoms with van der Waals surface area (Å²) in [6.07, 6.45) is 4.26. The lowest BCUT2D eigenvalue weighted by Crippen LogP contribution is -2.40. The van der Waals surface area contributed by atoms with Gasteiger partial charge in [-0.05, 0) is 30.9 Å². The predicted octanol–water partition coefficient (Wildman–Crippen LogP) is 2.46. The minimum Gasteiger partial charge on any atom is -0.334 e. The Labute approximate surface area is 149 Å². The van der Waals surface area contributed by atoms with Gasteiger partial charge in [0.1, 0.15) is 5.82 Å². The molecule has 0 spiro atoms. The number of amides is 1. The van der Waals surface area contributed by atoms with Crippen LogP contribution in [0.5, 0.6) is 0 Å². The Bertz CT molecular complexity index is 1010. The number of carbonyl (C=O) groups excluding carboxylic acids is 1.